The summed E-state index contributed by atoms with van der Waals surface area (Å²) in [7, 11) is 0. The van der Waals surface area contributed by atoms with Crippen LogP contribution in [0.5, 0.6) is 0 Å². The smallest absolute Gasteiger partial charge is 0.131 e. The van der Waals surface area contributed by atoms with Crippen molar-refractivity contribution in [2.75, 3.05) is 17.3 Å². The summed E-state index contributed by atoms with van der Waals surface area (Å²) >= 11 is 5.95. The zero-order valence-corrected chi connectivity index (χ0v) is 10.0. The summed E-state index contributed by atoms with van der Waals surface area (Å²) < 4.78 is 0. The van der Waals surface area contributed by atoms with E-state index in [-0.39, 0.29) is 0 Å². The average Bonchev–Trinajstić information content (AvgIpc) is 2.60. The fourth-order valence-electron chi connectivity index (χ4n) is 2.29. The number of aryl methyl sites for hydroxylation is 1. The molecule has 1 aliphatic heterocycles. The van der Waals surface area contributed by atoms with Crippen molar-refractivity contribution in [3.8, 4) is 0 Å². The molecule has 1 saturated heterocycles. The van der Waals surface area contributed by atoms with Crippen molar-refractivity contribution in [2.24, 2.45) is 5.92 Å². The minimum absolute atomic E-state index is 0.510. The Morgan fingerprint density at radius 3 is 3.00 bits per heavy atom. The molecule has 0 saturated carbocycles. The molecule has 2 atom stereocenters. The summed E-state index contributed by atoms with van der Waals surface area (Å²) in [5.74, 6) is 2.48. The normalized spacial score (nSPS) is 25.9. The molecule has 1 aliphatic rings. The molecule has 2 unspecified atom stereocenters. The van der Waals surface area contributed by atoms with Gasteiger partial charge >= 0.3 is 0 Å². The van der Waals surface area contributed by atoms with Gasteiger partial charge in [0.15, 0.2) is 0 Å². The summed E-state index contributed by atoms with van der Waals surface area (Å²) in [6.45, 7) is 5.44. The van der Waals surface area contributed by atoms with E-state index in [0.29, 0.717) is 12.0 Å². The van der Waals surface area contributed by atoms with Gasteiger partial charge in [-0.1, -0.05) is 6.07 Å². The van der Waals surface area contributed by atoms with Gasteiger partial charge in [0, 0.05) is 24.7 Å². The van der Waals surface area contributed by atoms with Crippen molar-refractivity contribution in [2.45, 2.75) is 26.3 Å². The highest BCUT2D eigenvalue weighted by molar-refractivity contribution is 6.18. The number of nitrogens with zero attached hydrogens (tertiary/aromatic N) is 2. The summed E-state index contributed by atoms with van der Waals surface area (Å²) in [5.41, 5.74) is 1.25. The molecular weight excluding hydrogens is 208 g/mol. The maximum Gasteiger partial charge on any atom is 0.131 e. The Balaban J connectivity index is 2.22. The molecule has 0 radical (unpaired) electrons. The standard InChI is InChI=1S/C12H17ClN2/c1-9-4-3-6-14-12(9)15-7-5-11(8-13)10(15)2/h3-4,6,10-11H,5,7-8H2,1-2H3. The number of hydrogen-bond acceptors (Lipinski definition) is 2. The lowest BCUT2D eigenvalue weighted by Gasteiger charge is -2.26. The van der Waals surface area contributed by atoms with E-state index in [4.69, 9.17) is 11.6 Å². The monoisotopic (exact) mass is 224 g/mol. The largest absolute Gasteiger partial charge is 0.353 e. The maximum absolute atomic E-state index is 5.95. The van der Waals surface area contributed by atoms with Crippen molar-refractivity contribution in [1.82, 2.24) is 4.98 Å². The predicted molar refractivity (Wildman–Crippen MR) is 64.6 cm³/mol. The minimum atomic E-state index is 0.510. The number of hydrogen-bond donors (Lipinski definition) is 0. The summed E-state index contributed by atoms with van der Waals surface area (Å²) in [6, 6.07) is 4.61. The van der Waals surface area contributed by atoms with Crippen LogP contribution in [0.15, 0.2) is 18.3 Å². The fourth-order valence-corrected chi connectivity index (χ4v) is 2.70. The molecule has 15 heavy (non-hydrogen) atoms. The van der Waals surface area contributed by atoms with Crippen LogP contribution < -0.4 is 4.90 Å². The van der Waals surface area contributed by atoms with Crippen LogP contribution in [0.1, 0.15) is 18.9 Å². The highest BCUT2D eigenvalue weighted by Crippen LogP contribution is 2.30. The summed E-state index contributed by atoms with van der Waals surface area (Å²) in [4.78, 5) is 6.84. The SMILES string of the molecule is Cc1cccnc1N1CCC(CCl)C1C. The van der Waals surface area contributed by atoms with Gasteiger partial charge in [-0.2, -0.15) is 0 Å². The van der Waals surface area contributed by atoms with Crippen LogP contribution >= 0.6 is 11.6 Å². The van der Waals surface area contributed by atoms with Gasteiger partial charge in [-0.15, -0.1) is 11.6 Å². The summed E-state index contributed by atoms with van der Waals surface area (Å²) in [5, 5.41) is 0. The third kappa shape index (κ3) is 1.96. The van der Waals surface area contributed by atoms with Gasteiger partial charge in [-0.05, 0) is 37.8 Å². The second-order valence-electron chi connectivity index (χ2n) is 4.28. The van der Waals surface area contributed by atoms with Crippen LogP contribution in [0.4, 0.5) is 5.82 Å². The van der Waals surface area contributed by atoms with E-state index >= 15 is 0 Å². The van der Waals surface area contributed by atoms with Gasteiger partial charge in [-0.25, -0.2) is 4.98 Å². The first kappa shape index (κ1) is 10.7. The molecule has 0 amide bonds. The van der Waals surface area contributed by atoms with Crippen molar-refractivity contribution in [3.63, 3.8) is 0 Å². The van der Waals surface area contributed by atoms with E-state index in [2.05, 4.69) is 29.8 Å². The van der Waals surface area contributed by atoms with Gasteiger partial charge < -0.3 is 4.90 Å². The molecule has 0 N–H and O–H groups in total. The molecule has 0 bridgehead atoms. The van der Waals surface area contributed by atoms with Crippen LogP contribution in [0.25, 0.3) is 0 Å². The second-order valence-corrected chi connectivity index (χ2v) is 4.59. The Kier molecular flexibility index (Phi) is 3.15. The zero-order chi connectivity index (χ0) is 10.8. The molecule has 82 valence electrons. The molecule has 2 nitrogen and oxygen atoms in total. The lowest BCUT2D eigenvalue weighted by molar-refractivity contribution is 0.550. The zero-order valence-electron chi connectivity index (χ0n) is 9.28. The Labute approximate surface area is 96.3 Å². The van der Waals surface area contributed by atoms with Crippen LogP contribution in [-0.4, -0.2) is 23.5 Å². The Hall–Kier alpha value is -0.760. The number of halogens is 1. The van der Waals surface area contributed by atoms with Crippen LogP contribution in [0.3, 0.4) is 0 Å². The predicted octanol–water partition coefficient (Wildman–Crippen LogP) is 2.84. The van der Waals surface area contributed by atoms with Crippen LogP contribution in [0, 0.1) is 12.8 Å². The third-order valence-electron chi connectivity index (χ3n) is 3.37. The molecule has 2 heterocycles. The van der Waals surface area contributed by atoms with Gasteiger partial charge in [0.1, 0.15) is 5.82 Å². The van der Waals surface area contributed by atoms with E-state index in [9.17, 15) is 0 Å². The van der Waals surface area contributed by atoms with Crippen LogP contribution in [0.2, 0.25) is 0 Å². The highest BCUT2D eigenvalue weighted by atomic mass is 35.5. The molecule has 2 rings (SSSR count). The van der Waals surface area contributed by atoms with E-state index in [1.807, 2.05) is 12.3 Å². The Bertz CT molecular complexity index is 340. The lowest BCUT2D eigenvalue weighted by Crippen LogP contribution is -2.31. The second kappa shape index (κ2) is 4.40. The number of alkyl halides is 1. The minimum Gasteiger partial charge on any atom is -0.353 e. The Morgan fingerprint density at radius 2 is 2.40 bits per heavy atom. The van der Waals surface area contributed by atoms with Gasteiger partial charge in [0.25, 0.3) is 0 Å². The van der Waals surface area contributed by atoms with Gasteiger partial charge in [-0.3, -0.25) is 0 Å². The van der Waals surface area contributed by atoms with E-state index in [1.165, 1.54) is 12.0 Å². The molecule has 0 aromatic carbocycles. The van der Waals surface area contributed by atoms with Crippen molar-refractivity contribution in [1.29, 1.82) is 0 Å². The fraction of sp³-hybridized carbons (Fsp3) is 0.583. The molecule has 0 spiro atoms. The van der Waals surface area contributed by atoms with Gasteiger partial charge in [0.05, 0.1) is 0 Å². The number of anilines is 1. The summed E-state index contributed by atoms with van der Waals surface area (Å²) in [6.07, 6.45) is 3.05. The van der Waals surface area contributed by atoms with Crippen molar-refractivity contribution >= 4 is 17.4 Å². The van der Waals surface area contributed by atoms with Crippen molar-refractivity contribution in [3.05, 3.63) is 23.9 Å². The molecule has 1 fully saturated rings. The molecular formula is C12H17ClN2. The third-order valence-corrected chi connectivity index (χ3v) is 3.76. The topological polar surface area (TPSA) is 16.1 Å². The Morgan fingerprint density at radius 1 is 1.60 bits per heavy atom. The maximum atomic E-state index is 5.95. The van der Waals surface area contributed by atoms with E-state index < -0.39 is 0 Å². The number of aromatic nitrogens is 1. The average molecular weight is 225 g/mol. The number of pyridine rings is 1. The molecule has 3 heteroatoms. The molecule has 1 aromatic rings. The molecule has 0 aliphatic carbocycles. The quantitative estimate of drug-likeness (QED) is 0.719. The van der Waals surface area contributed by atoms with E-state index in [1.54, 1.807) is 0 Å². The van der Waals surface area contributed by atoms with E-state index in [0.717, 1.165) is 18.2 Å². The highest BCUT2D eigenvalue weighted by Gasteiger charge is 2.31. The number of rotatable bonds is 2. The lowest BCUT2D eigenvalue weighted by atomic mass is 10.0. The molecule has 1 aromatic heterocycles. The van der Waals surface area contributed by atoms with Crippen molar-refractivity contribution < 1.29 is 0 Å². The first-order valence-electron chi connectivity index (χ1n) is 5.48. The van der Waals surface area contributed by atoms with Crippen LogP contribution in [-0.2, 0) is 0 Å². The first-order valence-corrected chi connectivity index (χ1v) is 6.01. The van der Waals surface area contributed by atoms with Gasteiger partial charge in [0.2, 0.25) is 0 Å². The first-order chi connectivity index (χ1) is 7.24.